The highest BCUT2D eigenvalue weighted by Crippen LogP contribution is 2.01. The van der Waals surface area contributed by atoms with Gasteiger partial charge < -0.3 is 10.8 Å². The molecule has 0 aromatic heterocycles. The van der Waals surface area contributed by atoms with Crippen molar-refractivity contribution in [2.24, 2.45) is 5.73 Å². The molecule has 0 heterocycles. The van der Waals surface area contributed by atoms with Gasteiger partial charge in [-0.25, -0.2) is 0 Å². The molecule has 56 valence electrons. The van der Waals surface area contributed by atoms with Gasteiger partial charge in [-0.3, -0.25) is 0 Å². The molecule has 0 aromatic rings. The summed E-state index contributed by atoms with van der Waals surface area (Å²) >= 11 is 0. The van der Waals surface area contributed by atoms with Gasteiger partial charge in [0, 0.05) is 6.04 Å². The van der Waals surface area contributed by atoms with Crippen molar-refractivity contribution >= 4 is 0 Å². The van der Waals surface area contributed by atoms with Crippen LogP contribution >= 0.6 is 0 Å². The fraction of sp³-hybridized carbons (Fsp3) is 1.00. The van der Waals surface area contributed by atoms with E-state index >= 15 is 0 Å². The van der Waals surface area contributed by atoms with E-state index in [1.807, 2.05) is 13.8 Å². The van der Waals surface area contributed by atoms with E-state index in [9.17, 15) is 5.11 Å². The second kappa shape index (κ2) is 4.77. The van der Waals surface area contributed by atoms with Gasteiger partial charge in [0.15, 0.2) is 0 Å². The fourth-order valence-electron chi connectivity index (χ4n) is 0.782. The van der Waals surface area contributed by atoms with E-state index in [0.717, 1.165) is 19.3 Å². The summed E-state index contributed by atoms with van der Waals surface area (Å²) < 4.78 is 0. The van der Waals surface area contributed by atoms with Gasteiger partial charge in [0.1, 0.15) is 0 Å². The molecule has 2 heteroatoms. The Bertz CT molecular complexity index is 65.9. The van der Waals surface area contributed by atoms with Crippen molar-refractivity contribution in [1.82, 2.24) is 0 Å². The van der Waals surface area contributed by atoms with Crippen LogP contribution in [0.4, 0.5) is 0 Å². The molecular formula is C7H17NO. The summed E-state index contributed by atoms with van der Waals surface area (Å²) in [4.78, 5) is 0. The topological polar surface area (TPSA) is 46.2 Å². The molecule has 0 aliphatic rings. The average Bonchev–Trinajstić information content (AvgIpc) is 1.87. The summed E-state index contributed by atoms with van der Waals surface area (Å²) in [7, 11) is 0. The van der Waals surface area contributed by atoms with E-state index in [1.54, 1.807) is 0 Å². The second-order valence-corrected chi connectivity index (χ2v) is 2.43. The van der Waals surface area contributed by atoms with E-state index < -0.39 is 0 Å². The van der Waals surface area contributed by atoms with Crippen LogP contribution in [-0.2, 0) is 0 Å². The molecule has 0 saturated heterocycles. The summed E-state index contributed by atoms with van der Waals surface area (Å²) in [5.41, 5.74) is 5.55. The Morgan fingerprint density at radius 3 is 2.33 bits per heavy atom. The maximum absolute atomic E-state index is 9.19. The normalized spacial score (nSPS) is 17.3. The van der Waals surface area contributed by atoms with Crippen LogP contribution in [0.25, 0.3) is 0 Å². The van der Waals surface area contributed by atoms with Gasteiger partial charge in [0.25, 0.3) is 0 Å². The highest BCUT2D eigenvalue weighted by molar-refractivity contribution is 4.68. The molecule has 3 N–H and O–H groups in total. The second-order valence-electron chi connectivity index (χ2n) is 2.43. The smallest absolute Gasteiger partial charge is 0.0690 e. The van der Waals surface area contributed by atoms with Crippen LogP contribution in [0.1, 0.15) is 33.1 Å². The van der Waals surface area contributed by atoms with Crippen LogP contribution in [0.15, 0.2) is 0 Å². The zero-order chi connectivity index (χ0) is 7.28. The molecule has 0 radical (unpaired) electrons. The number of hydrogen-bond donors (Lipinski definition) is 2. The van der Waals surface area contributed by atoms with Gasteiger partial charge in [-0.2, -0.15) is 0 Å². The zero-order valence-corrected chi connectivity index (χ0v) is 6.30. The van der Waals surface area contributed by atoms with E-state index in [4.69, 9.17) is 5.73 Å². The molecule has 0 saturated carbocycles. The Hall–Kier alpha value is -0.0800. The highest BCUT2D eigenvalue weighted by atomic mass is 16.3. The molecule has 0 bridgehead atoms. The summed E-state index contributed by atoms with van der Waals surface area (Å²) in [6.07, 6.45) is 2.41. The third-order valence-electron chi connectivity index (χ3n) is 1.55. The van der Waals surface area contributed by atoms with Crippen LogP contribution < -0.4 is 5.73 Å². The third-order valence-corrected chi connectivity index (χ3v) is 1.55. The molecule has 0 fully saturated rings. The number of aliphatic hydroxyl groups excluding tert-OH is 1. The minimum Gasteiger partial charge on any atom is -0.392 e. The highest BCUT2D eigenvalue weighted by Gasteiger charge is 2.09. The molecule has 0 aliphatic heterocycles. The van der Waals surface area contributed by atoms with Crippen molar-refractivity contribution in [3.05, 3.63) is 0 Å². The Morgan fingerprint density at radius 2 is 2.00 bits per heavy atom. The SMILES string of the molecule is CCC[C@@H](O)[C@H](N)CC. The fourth-order valence-corrected chi connectivity index (χ4v) is 0.782. The monoisotopic (exact) mass is 131 g/mol. The van der Waals surface area contributed by atoms with Crippen LogP contribution in [0, 0.1) is 0 Å². The third kappa shape index (κ3) is 3.49. The van der Waals surface area contributed by atoms with Crippen LogP contribution in [-0.4, -0.2) is 17.3 Å². The summed E-state index contributed by atoms with van der Waals surface area (Å²) in [6, 6.07) is -0.0232. The number of rotatable bonds is 4. The Kier molecular flexibility index (Phi) is 4.72. The predicted molar refractivity (Wildman–Crippen MR) is 39.2 cm³/mol. The van der Waals surface area contributed by atoms with Crippen molar-refractivity contribution in [2.75, 3.05) is 0 Å². The van der Waals surface area contributed by atoms with Crippen molar-refractivity contribution in [1.29, 1.82) is 0 Å². The van der Waals surface area contributed by atoms with Crippen molar-refractivity contribution in [3.8, 4) is 0 Å². The Balaban J connectivity index is 3.32. The van der Waals surface area contributed by atoms with Crippen LogP contribution in [0.5, 0.6) is 0 Å². The van der Waals surface area contributed by atoms with Crippen molar-refractivity contribution < 1.29 is 5.11 Å². The van der Waals surface area contributed by atoms with Crippen LogP contribution in [0.3, 0.4) is 0 Å². The molecule has 0 rings (SSSR count). The largest absolute Gasteiger partial charge is 0.392 e. The quantitative estimate of drug-likeness (QED) is 0.595. The van der Waals surface area contributed by atoms with Crippen molar-refractivity contribution in [2.45, 2.75) is 45.3 Å². The summed E-state index contributed by atoms with van der Waals surface area (Å²) in [6.45, 7) is 4.04. The Morgan fingerprint density at radius 1 is 1.44 bits per heavy atom. The lowest BCUT2D eigenvalue weighted by molar-refractivity contribution is 0.132. The molecule has 0 aromatic carbocycles. The molecule has 0 spiro atoms. The first-order valence-electron chi connectivity index (χ1n) is 3.66. The lowest BCUT2D eigenvalue weighted by atomic mass is 10.1. The molecule has 0 amide bonds. The lowest BCUT2D eigenvalue weighted by Crippen LogP contribution is -2.33. The predicted octanol–water partition coefficient (Wildman–Crippen LogP) is 0.885. The van der Waals surface area contributed by atoms with Crippen LogP contribution in [0.2, 0.25) is 0 Å². The summed E-state index contributed by atoms with van der Waals surface area (Å²) in [5.74, 6) is 0. The van der Waals surface area contributed by atoms with E-state index in [1.165, 1.54) is 0 Å². The molecule has 2 atom stereocenters. The molecule has 2 nitrogen and oxygen atoms in total. The van der Waals surface area contributed by atoms with Gasteiger partial charge in [-0.15, -0.1) is 0 Å². The molecule has 9 heavy (non-hydrogen) atoms. The van der Waals surface area contributed by atoms with Gasteiger partial charge >= 0.3 is 0 Å². The molecule has 0 aliphatic carbocycles. The maximum atomic E-state index is 9.19. The average molecular weight is 131 g/mol. The van der Waals surface area contributed by atoms with Gasteiger partial charge in [0.2, 0.25) is 0 Å². The molecular weight excluding hydrogens is 114 g/mol. The lowest BCUT2D eigenvalue weighted by Gasteiger charge is -2.15. The van der Waals surface area contributed by atoms with Gasteiger partial charge in [-0.1, -0.05) is 20.3 Å². The number of aliphatic hydroxyl groups is 1. The van der Waals surface area contributed by atoms with E-state index in [0.29, 0.717) is 0 Å². The summed E-state index contributed by atoms with van der Waals surface area (Å²) in [5, 5.41) is 9.19. The van der Waals surface area contributed by atoms with E-state index in [-0.39, 0.29) is 12.1 Å². The zero-order valence-electron chi connectivity index (χ0n) is 6.30. The standard InChI is InChI=1S/C7H17NO/c1-3-5-7(9)6(8)4-2/h6-7,9H,3-5,8H2,1-2H3/t6-,7-/m1/s1. The minimum atomic E-state index is -0.292. The first kappa shape index (κ1) is 8.92. The molecule has 0 unspecified atom stereocenters. The number of hydrogen-bond acceptors (Lipinski definition) is 2. The van der Waals surface area contributed by atoms with Crippen molar-refractivity contribution in [3.63, 3.8) is 0 Å². The van der Waals surface area contributed by atoms with Gasteiger partial charge in [0.05, 0.1) is 6.10 Å². The van der Waals surface area contributed by atoms with Gasteiger partial charge in [-0.05, 0) is 12.8 Å². The maximum Gasteiger partial charge on any atom is 0.0690 e. The van der Waals surface area contributed by atoms with E-state index in [2.05, 4.69) is 0 Å². The first-order valence-corrected chi connectivity index (χ1v) is 3.66. The number of nitrogens with two attached hydrogens (primary N) is 1. The first-order chi connectivity index (χ1) is 4.22. The minimum absolute atomic E-state index is 0.0232. The Labute approximate surface area is 57.1 Å².